The highest BCUT2D eigenvalue weighted by atomic mass is 16.5. The molecule has 1 fully saturated rings. The molecule has 2 rings (SSSR count). The van der Waals surface area contributed by atoms with Crippen LogP contribution in [0.5, 0.6) is 5.75 Å². The van der Waals surface area contributed by atoms with Gasteiger partial charge in [0.15, 0.2) is 0 Å². The number of hydrogen-bond acceptors (Lipinski definition) is 5. The number of rotatable bonds is 10. The number of piperidine rings is 1. The Balaban J connectivity index is 1.61. The van der Waals surface area contributed by atoms with Crippen molar-refractivity contribution in [3.8, 4) is 5.75 Å². The third kappa shape index (κ3) is 7.65. The van der Waals surface area contributed by atoms with Gasteiger partial charge in [-0.2, -0.15) is 0 Å². The largest absolute Gasteiger partial charge is 0.492 e. The van der Waals surface area contributed by atoms with Gasteiger partial charge in [-0.15, -0.1) is 0 Å². The molecule has 8 heteroatoms. The summed E-state index contributed by atoms with van der Waals surface area (Å²) >= 11 is 0. The smallest absolute Gasteiger partial charge is 0.317 e. The zero-order valence-electron chi connectivity index (χ0n) is 15.2. The molecule has 0 aliphatic carbocycles. The van der Waals surface area contributed by atoms with Gasteiger partial charge in [-0.25, -0.2) is 0 Å². The second kappa shape index (κ2) is 10.5. The van der Waals surface area contributed by atoms with Crippen LogP contribution >= 0.6 is 0 Å². The number of hydrogen-bond donors (Lipinski definition) is 3. The van der Waals surface area contributed by atoms with Gasteiger partial charge < -0.3 is 20.3 Å². The van der Waals surface area contributed by atoms with Gasteiger partial charge >= 0.3 is 11.9 Å². The number of likely N-dealkylation sites (tertiary alicyclic amines) is 1. The van der Waals surface area contributed by atoms with Gasteiger partial charge in [-0.05, 0) is 50.0 Å². The van der Waals surface area contributed by atoms with Crippen LogP contribution in [0, 0.1) is 5.92 Å². The van der Waals surface area contributed by atoms with Crippen molar-refractivity contribution in [2.45, 2.75) is 25.7 Å². The fourth-order valence-electron chi connectivity index (χ4n) is 3.04. The lowest BCUT2D eigenvalue weighted by Crippen LogP contribution is -2.42. The molecule has 0 spiro atoms. The van der Waals surface area contributed by atoms with Gasteiger partial charge in [0.25, 0.3) is 0 Å². The summed E-state index contributed by atoms with van der Waals surface area (Å²) in [5.41, 5.74) is 0.937. The highest BCUT2D eigenvalue weighted by molar-refractivity contribution is 5.78. The third-order valence-electron chi connectivity index (χ3n) is 4.54. The van der Waals surface area contributed by atoms with E-state index >= 15 is 0 Å². The number of carboxylic acid groups (broad SMARTS) is 2. The minimum Gasteiger partial charge on any atom is -0.492 e. The highest BCUT2D eigenvalue weighted by Gasteiger charge is 2.25. The van der Waals surface area contributed by atoms with Crippen LogP contribution in [0.15, 0.2) is 24.3 Å². The number of nitrogens with zero attached hydrogens (tertiary/aromatic N) is 1. The Morgan fingerprint density at radius 2 is 1.74 bits per heavy atom. The molecule has 1 aromatic rings. The summed E-state index contributed by atoms with van der Waals surface area (Å²) in [4.78, 5) is 35.3. The van der Waals surface area contributed by atoms with Crippen LogP contribution in [-0.4, -0.2) is 65.7 Å². The second-order valence-corrected chi connectivity index (χ2v) is 6.62. The first-order chi connectivity index (χ1) is 12.9. The minimum atomic E-state index is -0.843. The number of benzene rings is 1. The predicted molar refractivity (Wildman–Crippen MR) is 97.7 cm³/mol. The highest BCUT2D eigenvalue weighted by Crippen LogP contribution is 2.17. The van der Waals surface area contributed by atoms with Crippen LogP contribution in [0.2, 0.25) is 0 Å². The number of aliphatic carboxylic acids is 2. The summed E-state index contributed by atoms with van der Waals surface area (Å²) in [7, 11) is 0. The van der Waals surface area contributed by atoms with Crippen molar-refractivity contribution in [2.24, 2.45) is 5.92 Å². The lowest BCUT2D eigenvalue weighted by molar-refractivity contribution is -0.139. The standard InChI is InChI=1S/C19H26N2O6/c22-17(23)6-3-14-1-4-16(5-2-14)27-12-9-20-19(26)15-7-10-21(11-8-15)13-18(24)25/h1-2,4-5,15H,3,6-13H2,(H,20,26)(H,22,23)(H,24,25). The first kappa shape index (κ1) is 20.7. The Bertz CT molecular complexity index is 638. The maximum absolute atomic E-state index is 12.2. The first-order valence-corrected chi connectivity index (χ1v) is 9.09. The van der Waals surface area contributed by atoms with E-state index in [0.717, 1.165) is 5.56 Å². The Kier molecular flexibility index (Phi) is 8.06. The van der Waals surface area contributed by atoms with Crippen molar-refractivity contribution >= 4 is 17.8 Å². The van der Waals surface area contributed by atoms with E-state index in [1.54, 1.807) is 12.1 Å². The molecular formula is C19H26N2O6. The van der Waals surface area contributed by atoms with E-state index in [4.69, 9.17) is 14.9 Å². The lowest BCUT2D eigenvalue weighted by atomic mass is 9.96. The maximum Gasteiger partial charge on any atom is 0.317 e. The van der Waals surface area contributed by atoms with E-state index in [-0.39, 0.29) is 24.8 Å². The van der Waals surface area contributed by atoms with Crippen LogP contribution in [-0.2, 0) is 20.8 Å². The first-order valence-electron chi connectivity index (χ1n) is 9.09. The summed E-state index contributed by atoms with van der Waals surface area (Å²) in [6, 6.07) is 7.25. The molecule has 1 aromatic carbocycles. The Morgan fingerprint density at radius 1 is 1.07 bits per heavy atom. The van der Waals surface area contributed by atoms with Gasteiger partial charge in [0.05, 0.1) is 13.1 Å². The van der Waals surface area contributed by atoms with E-state index in [9.17, 15) is 14.4 Å². The van der Waals surface area contributed by atoms with Crippen molar-refractivity contribution in [3.63, 3.8) is 0 Å². The van der Waals surface area contributed by atoms with Crippen LogP contribution in [0.1, 0.15) is 24.8 Å². The van der Waals surface area contributed by atoms with E-state index < -0.39 is 11.9 Å². The molecule has 0 atom stereocenters. The van der Waals surface area contributed by atoms with Crippen LogP contribution in [0.4, 0.5) is 0 Å². The number of carboxylic acids is 2. The average molecular weight is 378 g/mol. The van der Waals surface area contributed by atoms with E-state index in [1.165, 1.54) is 0 Å². The number of carbonyl (C=O) groups excluding carboxylic acids is 1. The normalized spacial score (nSPS) is 15.3. The van der Waals surface area contributed by atoms with Crippen LogP contribution < -0.4 is 10.1 Å². The summed E-state index contributed by atoms with van der Waals surface area (Å²) < 4.78 is 5.58. The van der Waals surface area contributed by atoms with Gasteiger partial charge in [0.1, 0.15) is 12.4 Å². The topological polar surface area (TPSA) is 116 Å². The number of nitrogens with one attached hydrogen (secondary N) is 1. The van der Waals surface area contributed by atoms with Crippen molar-refractivity contribution in [1.29, 1.82) is 0 Å². The van der Waals surface area contributed by atoms with Crippen molar-refractivity contribution in [1.82, 2.24) is 10.2 Å². The number of amides is 1. The molecular weight excluding hydrogens is 352 g/mol. The Morgan fingerprint density at radius 3 is 2.33 bits per heavy atom. The fourth-order valence-corrected chi connectivity index (χ4v) is 3.04. The van der Waals surface area contributed by atoms with Crippen molar-refractivity contribution in [3.05, 3.63) is 29.8 Å². The van der Waals surface area contributed by atoms with Crippen LogP contribution in [0.25, 0.3) is 0 Å². The molecule has 0 aromatic heterocycles. The molecule has 0 unspecified atom stereocenters. The number of carbonyl (C=O) groups is 3. The molecule has 148 valence electrons. The van der Waals surface area contributed by atoms with E-state index in [1.807, 2.05) is 17.0 Å². The zero-order valence-corrected chi connectivity index (χ0v) is 15.2. The van der Waals surface area contributed by atoms with Crippen molar-refractivity contribution < 1.29 is 29.3 Å². The maximum atomic E-state index is 12.2. The summed E-state index contributed by atoms with van der Waals surface area (Å²) in [5, 5.41) is 20.3. The molecule has 1 saturated heterocycles. The number of aryl methyl sites for hydroxylation is 1. The minimum absolute atomic E-state index is 0.0161. The molecule has 0 saturated carbocycles. The van der Waals surface area contributed by atoms with Gasteiger partial charge in [0, 0.05) is 12.3 Å². The van der Waals surface area contributed by atoms with Gasteiger partial charge in [-0.1, -0.05) is 12.1 Å². The van der Waals surface area contributed by atoms with E-state index in [2.05, 4.69) is 5.32 Å². The molecule has 1 amide bonds. The number of ether oxygens (including phenoxy) is 1. The Hall–Kier alpha value is -2.61. The van der Waals surface area contributed by atoms with Crippen molar-refractivity contribution in [2.75, 3.05) is 32.8 Å². The second-order valence-electron chi connectivity index (χ2n) is 6.62. The van der Waals surface area contributed by atoms with E-state index in [0.29, 0.717) is 51.3 Å². The molecule has 1 heterocycles. The molecule has 3 N–H and O–H groups in total. The third-order valence-corrected chi connectivity index (χ3v) is 4.54. The molecule has 8 nitrogen and oxygen atoms in total. The monoisotopic (exact) mass is 378 g/mol. The molecule has 0 radical (unpaired) electrons. The summed E-state index contributed by atoms with van der Waals surface area (Å²) in [5.74, 6) is -1.09. The average Bonchev–Trinajstić information content (AvgIpc) is 2.64. The lowest BCUT2D eigenvalue weighted by Gasteiger charge is -2.29. The zero-order chi connectivity index (χ0) is 19.6. The van der Waals surface area contributed by atoms with Gasteiger partial charge in [-0.3, -0.25) is 19.3 Å². The fraction of sp³-hybridized carbons (Fsp3) is 0.526. The quantitative estimate of drug-likeness (QED) is 0.520. The van der Waals surface area contributed by atoms with Crippen LogP contribution in [0.3, 0.4) is 0 Å². The Labute approximate surface area is 158 Å². The van der Waals surface area contributed by atoms with Gasteiger partial charge in [0.2, 0.25) is 5.91 Å². The SMILES string of the molecule is O=C(O)CCc1ccc(OCCNC(=O)C2CCN(CC(=O)O)CC2)cc1. The molecule has 1 aliphatic heterocycles. The molecule has 27 heavy (non-hydrogen) atoms. The summed E-state index contributed by atoms with van der Waals surface area (Å²) in [6.07, 6.45) is 1.91. The summed E-state index contributed by atoms with van der Waals surface area (Å²) in [6.45, 7) is 2.01. The predicted octanol–water partition coefficient (Wildman–Crippen LogP) is 0.995. The molecule has 0 bridgehead atoms. The molecule has 1 aliphatic rings.